The molecule has 0 spiro atoms. The fraction of sp³-hybridized carbons (Fsp3) is 0.600. The van der Waals surface area contributed by atoms with Gasteiger partial charge in [0.2, 0.25) is 0 Å². The highest BCUT2D eigenvalue weighted by molar-refractivity contribution is 5.40. The van der Waals surface area contributed by atoms with Crippen LogP contribution in [0.5, 0.6) is 11.5 Å². The van der Waals surface area contributed by atoms with E-state index in [1.807, 2.05) is 18.2 Å². The standard InChI is InChI=1S/C15H25NO3/c1-15(2,19-5)8-9-16-11-12-6-7-13(17-3)10-14(12)18-4/h6-7,10,16H,8-9,11H2,1-5H3. The molecule has 1 N–H and O–H groups in total. The van der Waals surface area contributed by atoms with E-state index in [0.29, 0.717) is 0 Å². The molecule has 0 saturated carbocycles. The lowest BCUT2D eigenvalue weighted by molar-refractivity contribution is 0.0158. The molecular formula is C15H25NO3. The van der Waals surface area contributed by atoms with Crippen molar-refractivity contribution in [1.29, 1.82) is 0 Å². The van der Waals surface area contributed by atoms with Crippen LogP contribution >= 0.6 is 0 Å². The number of nitrogens with one attached hydrogen (secondary N) is 1. The van der Waals surface area contributed by atoms with Gasteiger partial charge in [-0.3, -0.25) is 0 Å². The van der Waals surface area contributed by atoms with Gasteiger partial charge in [-0.2, -0.15) is 0 Å². The fourth-order valence-corrected chi connectivity index (χ4v) is 1.71. The molecule has 1 aromatic carbocycles. The van der Waals surface area contributed by atoms with Crippen LogP contribution in [0.3, 0.4) is 0 Å². The molecule has 4 heteroatoms. The second-order valence-corrected chi connectivity index (χ2v) is 5.07. The zero-order valence-corrected chi connectivity index (χ0v) is 12.6. The average molecular weight is 267 g/mol. The molecule has 1 aromatic rings. The maximum Gasteiger partial charge on any atom is 0.127 e. The van der Waals surface area contributed by atoms with Crippen LogP contribution < -0.4 is 14.8 Å². The molecule has 0 unspecified atom stereocenters. The topological polar surface area (TPSA) is 39.7 Å². The summed E-state index contributed by atoms with van der Waals surface area (Å²) in [4.78, 5) is 0. The summed E-state index contributed by atoms with van der Waals surface area (Å²) in [5.41, 5.74) is 1.04. The lowest BCUT2D eigenvalue weighted by Crippen LogP contribution is -2.28. The van der Waals surface area contributed by atoms with Crippen molar-refractivity contribution in [3.05, 3.63) is 23.8 Å². The summed E-state index contributed by atoms with van der Waals surface area (Å²) in [6, 6.07) is 5.86. The molecule has 4 nitrogen and oxygen atoms in total. The quantitative estimate of drug-likeness (QED) is 0.735. The lowest BCUT2D eigenvalue weighted by atomic mass is 10.1. The summed E-state index contributed by atoms with van der Waals surface area (Å²) in [7, 11) is 5.07. The van der Waals surface area contributed by atoms with Gasteiger partial charge in [0, 0.05) is 25.3 Å². The predicted molar refractivity (Wildman–Crippen MR) is 77.0 cm³/mol. The Kier molecular flexibility index (Phi) is 6.12. The van der Waals surface area contributed by atoms with Crippen molar-refractivity contribution in [2.75, 3.05) is 27.9 Å². The molecule has 0 aliphatic heterocycles. The van der Waals surface area contributed by atoms with E-state index >= 15 is 0 Å². The van der Waals surface area contributed by atoms with Gasteiger partial charge < -0.3 is 19.5 Å². The van der Waals surface area contributed by atoms with Crippen molar-refractivity contribution in [2.45, 2.75) is 32.4 Å². The SMILES string of the molecule is COc1ccc(CNCCC(C)(C)OC)c(OC)c1. The third kappa shape index (κ3) is 5.09. The van der Waals surface area contributed by atoms with Gasteiger partial charge in [-0.1, -0.05) is 6.07 Å². The first-order valence-corrected chi connectivity index (χ1v) is 6.49. The third-order valence-corrected chi connectivity index (χ3v) is 3.27. The van der Waals surface area contributed by atoms with Gasteiger partial charge in [-0.15, -0.1) is 0 Å². The molecule has 0 aliphatic carbocycles. The van der Waals surface area contributed by atoms with E-state index in [9.17, 15) is 0 Å². The minimum atomic E-state index is -0.0863. The number of methoxy groups -OCH3 is 3. The van der Waals surface area contributed by atoms with Crippen LogP contribution in [0.4, 0.5) is 0 Å². The highest BCUT2D eigenvalue weighted by Crippen LogP contribution is 2.24. The van der Waals surface area contributed by atoms with Crippen molar-refractivity contribution < 1.29 is 14.2 Å². The van der Waals surface area contributed by atoms with Crippen LogP contribution in [0.2, 0.25) is 0 Å². The lowest BCUT2D eigenvalue weighted by Gasteiger charge is -2.22. The predicted octanol–water partition coefficient (Wildman–Crippen LogP) is 2.61. The van der Waals surface area contributed by atoms with E-state index in [-0.39, 0.29) is 5.60 Å². The normalized spacial score (nSPS) is 11.4. The molecule has 0 radical (unpaired) electrons. The number of rotatable bonds is 8. The molecule has 0 atom stereocenters. The molecular weight excluding hydrogens is 242 g/mol. The summed E-state index contributed by atoms with van der Waals surface area (Å²) in [6.07, 6.45) is 0.960. The van der Waals surface area contributed by atoms with Crippen LogP contribution in [-0.2, 0) is 11.3 Å². The molecule has 1 rings (SSSR count). The summed E-state index contributed by atoms with van der Waals surface area (Å²) >= 11 is 0. The number of ether oxygens (including phenoxy) is 3. The average Bonchev–Trinajstić information content (AvgIpc) is 2.43. The van der Waals surface area contributed by atoms with Crippen molar-refractivity contribution in [1.82, 2.24) is 5.32 Å². The third-order valence-electron chi connectivity index (χ3n) is 3.27. The van der Waals surface area contributed by atoms with Crippen LogP contribution in [0.15, 0.2) is 18.2 Å². The maximum absolute atomic E-state index is 5.38. The highest BCUT2D eigenvalue weighted by atomic mass is 16.5. The van der Waals surface area contributed by atoms with Crippen LogP contribution in [0.1, 0.15) is 25.8 Å². The monoisotopic (exact) mass is 267 g/mol. The van der Waals surface area contributed by atoms with E-state index in [4.69, 9.17) is 14.2 Å². The number of hydrogen-bond donors (Lipinski definition) is 1. The largest absolute Gasteiger partial charge is 0.497 e. The van der Waals surface area contributed by atoms with Gasteiger partial charge >= 0.3 is 0 Å². The van der Waals surface area contributed by atoms with Gasteiger partial charge in [0.25, 0.3) is 0 Å². The zero-order valence-electron chi connectivity index (χ0n) is 12.6. The Balaban J connectivity index is 2.49. The zero-order chi connectivity index (χ0) is 14.3. The van der Waals surface area contributed by atoms with Gasteiger partial charge in [0.1, 0.15) is 11.5 Å². The van der Waals surface area contributed by atoms with Crippen LogP contribution in [0.25, 0.3) is 0 Å². The number of hydrogen-bond acceptors (Lipinski definition) is 4. The smallest absolute Gasteiger partial charge is 0.127 e. The van der Waals surface area contributed by atoms with Crippen molar-refractivity contribution in [3.8, 4) is 11.5 Å². The summed E-state index contributed by atoms with van der Waals surface area (Å²) < 4.78 is 15.9. The van der Waals surface area contributed by atoms with Crippen LogP contribution in [-0.4, -0.2) is 33.5 Å². The molecule has 0 bridgehead atoms. The summed E-state index contributed by atoms with van der Waals surface area (Å²) in [5, 5.41) is 3.40. The van der Waals surface area contributed by atoms with Gasteiger partial charge in [0.05, 0.1) is 19.8 Å². The second kappa shape index (κ2) is 7.36. The first-order valence-electron chi connectivity index (χ1n) is 6.49. The first kappa shape index (κ1) is 15.8. The van der Waals surface area contributed by atoms with Gasteiger partial charge in [-0.05, 0) is 32.9 Å². The Morgan fingerprint density at radius 2 is 1.84 bits per heavy atom. The fourth-order valence-electron chi connectivity index (χ4n) is 1.71. The molecule has 108 valence electrons. The van der Waals surface area contributed by atoms with E-state index in [2.05, 4.69) is 19.2 Å². The Morgan fingerprint density at radius 3 is 2.42 bits per heavy atom. The maximum atomic E-state index is 5.38. The molecule has 0 heterocycles. The van der Waals surface area contributed by atoms with Crippen molar-refractivity contribution in [3.63, 3.8) is 0 Å². The minimum Gasteiger partial charge on any atom is -0.497 e. The molecule has 0 amide bonds. The summed E-state index contributed by atoms with van der Waals surface area (Å²) in [5.74, 6) is 1.65. The Morgan fingerprint density at radius 1 is 1.11 bits per heavy atom. The molecule has 0 saturated heterocycles. The highest BCUT2D eigenvalue weighted by Gasteiger charge is 2.15. The van der Waals surface area contributed by atoms with Crippen LogP contribution in [0, 0.1) is 0 Å². The summed E-state index contributed by atoms with van der Waals surface area (Å²) in [6.45, 7) is 5.84. The molecule has 19 heavy (non-hydrogen) atoms. The van der Waals surface area contributed by atoms with E-state index in [1.54, 1.807) is 21.3 Å². The van der Waals surface area contributed by atoms with Crippen molar-refractivity contribution in [2.24, 2.45) is 0 Å². The molecule has 0 fully saturated rings. The van der Waals surface area contributed by atoms with E-state index in [0.717, 1.165) is 36.6 Å². The minimum absolute atomic E-state index is 0.0863. The van der Waals surface area contributed by atoms with Crippen molar-refractivity contribution >= 4 is 0 Å². The Hall–Kier alpha value is -1.26. The molecule has 0 aliphatic rings. The second-order valence-electron chi connectivity index (χ2n) is 5.07. The van der Waals surface area contributed by atoms with Gasteiger partial charge in [0.15, 0.2) is 0 Å². The Labute approximate surface area is 116 Å². The van der Waals surface area contributed by atoms with E-state index < -0.39 is 0 Å². The first-order chi connectivity index (χ1) is 9.02. The van der Waals surface area contributed by atoms with Gasteiger partial charge in [-0.25, -0.2) is 0 Å². The number of benzene rings is 1. The van der Waals surface area contributed by atoms with E-state index in [1.165, 1.54) is 0 Å². The Bertz CT molecular complexity index is 391. The molecule has 0 aromatic heterocycles.